The first-order valence-electron chi connectivity index (χ1n) is 25.0. The maximum atomic E-state index is 14.4. The van der Waals surface area contributed by atoms with Crippen molar-refractivity contribution in [2.24, 2.45) is 23.3 Å². The number of amides is 9. The summed E-state index contributed by atoms with van der Waals surface area (Å²) in [4.78, 5) is 140. The molecule has 1 heterocycles. The summed E-state index contributed by atoms with van der Waals surface area (Å²) in [6.45, 7) is 7.30. The number of aromatic amines is 1. The van der Waals surface area contributed by atoms with Crippen LogP contribution >= 0.6 is 11.8 Å². The van der Waals surface area contributed by atoms with Crippen LogP contribution in [-0.2, 0) is 67.2 Å². The molecule has 77 heavy (non-hydrogen) atoms. The van der Waals surface area contributed by atoms with Crippen LogP contribution in [0.2, 0.25) is 0 Å². The number of nitrogens with zero attached hydrogens (tertiary/aromatic N) is 1. The van der Waals surface area contributed by atoms with Gasteiger partial charge in [-0.15, -0.1) is 0 Å². The third-order valence-electron chi connectivity index (χ3n) is 12.0. The van der Waals surface area contributed by atoms with E-state index < -0.39 is 126 Å². The number of carboxylic acid groups (broad SMARTS) is 1. The molecule has 0 fully saturated rings. The van der Waals surface area contributed by atoms with Crippen LogP contribution in [-0.4, -0.2) is 157 Å². The van der Waals surface area contributed by atoms with E-state index in [1.54, 1.807) is 64.3 Å². The Morgan fingerprint density at radius 2 is 1.13 bits per heavy atom. The molecule has 0 aliphatic rings. The van der Waals surface area contributed by atoms with Crippen molar-refractivity contribution < 1.29 is 63.3 Å². The number of aromatic nitrogens is 2. The Morgan fingerprint density at radius 3 is 1.70 bits per heavy atom. The topological polar surface area (TPSA) is 408 Å². The number of aliphatic hydroxyl groups is 1. The molecule has 9 amide bonds. The lowest BCUT2D eigenvalue weighted by atomic mass is 9.99. The van der Waals surface area contributed by atoms with Crippen LogP contribution in [0.15, 0.2) is 67.1 Å². The first kappa shape index (κ1) is 63.7. The number of rotatable bonds is 33. The van der Waals surface area contributed by atoms with Gasteiger partial charge in [-0.1, -0.05) is 70.2 Å². The monoisotopic (exact) mass is 1090 g/mol. The van der Waals surface area contributed by atoms with Crippen molar-refractivity contribution in [3.8, 4) is 5.75 Å². The molecule has 25 nitrogen and oxygen atoms in total. The highest BCUT2D eigenvalue weighted by atomic mass is 32.2. The summed E-state index contributed by atoms with van der Waals surface area (Å²) in [5.41, 5.74) is 12.5. The molecule has 0 spiro atoms. The number of nitrogens with one attached hydrogen (secondary N) is 9. The summed E-state index contributed by atoms with van der Waals surface area (Å²) >= 11 is 1.38. The van der Waals surface area contributed by atoms with Gasteiger partial charge in [-0.2, -0.15) is 11.8 Å². The van der Waals surface area contributed by atoms with E-state index in [1.165, 1.54) is 55.5 Å². The fourth-order valence-electron chi connectivity index (χ4n) is 7.61. The lowest BCUT2D eigenvalue weighted by molar-refractivity contribution is -0.142. The number of thioether (sulfide) groups is 1. The Kier molecular flexibility index (Phi) is 26.6. The van der Waals surface area contributed by atoms with Crippen molar-refractivity contribution in [2.75, 3.05) is 18.6 Å². The van der Waals surface area contributed by atoms with Gasteiger partial charge < -0.3 is 74.3 Å². The molecule has 0 bridgehead atoms. The minimum atomic E-state index is -1.55. The van der Waals surface area contributed by atoms with Crippen molar-refractivity contribution in [1.29, 1.82) is 0 Å². The number of carboxylic acids is 1. The maximum absolute atomic E-state index is 14.4. The van der Waals surface area contributed by atoms with Crippen LogP contribution in [0.25, 0.3) is 0 Å². The SMILES string of the molecule is CSCC[C@H](NC(=O)[C@@H](NC(=O)[C@H](Cc1cnc[nH]1)NC(=O)[C@H](CC(C)C)NC(=O)[C@H](Cc1ccccc1)NC(=O)[C@H](C)NC(=O)[C@H](CO)NC(=O)[C@@H](N)CCC(N)=O)C(C)C)C(=O)N[C@@H](Cc1ccc(O)cc1)C(=O)O. The molecule has 9 atom stereocenters. The van der Waals surface area contributed by atoms with Crippen molar-refractivity contribution >= 4 is 70.9 Å². The van der Waals surface area contributed by atoms with Crippen LogP contribution in [0.5, 0.6) is 5.75 Å². The number of imidazole rings is 1. The van der Waals surface area contributed by atoms with Gasteiger partial charge in [0.15, 0.2) is 0 Å². The minimum absolute atomic E-state index is 0.0249. The van der Waals surface area contributed by atoms with Gasteiger partial charge in [0, 0.05) is 37.6 Å². The van der Waals surface area contributed by atoms with Crippen LogP contribution < -0.4 is 54.0 Å². The van der Waals surface area contributed by atoms with Gasteiger partial charge in [-0.25, -0.2) is 9.78 Å². The molecular weight excluding hydrogens is 1020 g/mol. The first-order valence-corrected chi connectivity index (χ1v) is 26.4. The lowest BCUT2D eigenvalue weighted by Gasteiger charge is -2.29. The van der Waals surface area contributed by atoms with Gasteiger partial charge in [0.05, 0.1) is 19.0 Å². The third-order valence-corrected chi connectivity index (χ3v) is 12.6. The number of hydrogen-bond acceptors (Lipinski definition) is 15. The molecule has 0 aliphatic carbocycles. The molecule has 26 heteroatoms. The number of aliphatic hydroxyl groups excluding tert-OH is 1. The Hall–Kier alpha value is -7.58. The Morgan fingerprint density at radius 1 is 0.610 bits per heavy atom. The quantitative estimate of drug-likeness (QED) is 0.0319. The van der Waals surface area contributed by atoms with E-state index in [2.05, 4.69) is 52.5 Å². The highest BCUT2D eigenvalue weighted by Crippen LogP contribution is 2.14. The maximum Gasteiger partial charge on any atom is 0.326 e. The Balaban J connectivity index is 1.84. The number of carbonyl (C=O) groups is 10. The number of carbonyl (C=O) groups excluding carboxylic acids is 9. The van der Waals surface area contributed by atoms with Gasteiger partial charge in [0.25, 0.3) is 0 Å². The summed E-state index contributed by atoms with van der Waals surface area (Å²) in [5, 5.41) is 50.1. The number of benzene rings is 2. The zero-order chi connectivity index (χ0) is 57.4. The molecule has 16 N–H and O–H groups in total. The molecule has 1 aromatic heterocycles. The van der Waals surface area contributed by atoms with Gasteiger partial charge in [-0.3, -0.25) is 43.2 Å². The molecule has 0 saturated carbocycles. The van der Waals surface area contributed by atoms with E-state index in [0.29, 0.717) is 22.6 Å². The van der Waals surface area contributed by atoms with Crippen molar-refractivity contribution in [3.63, 3.8) is 0 Å². The molecule has 0 unspecified atom stereocenters. The van der Waals surface area contributed by atoms with E-state index in [9.17, 15) is 63.3 Å². The van der Waals surface area contributed by atoms with E-state index in [4.69, 9.17) is 11.5 Å². The number of aliphatic carboxylic acids is 1. The zero-order valence-electron chi connectivity index (χ0n) is 44.0. The highest BCUT2D eigenvalue weighted by molar-refractivity contribution is 7.98. The summed E-state index contributed by atoms with van der Waals surface area (Å²) in [7, 11) is 0. The van der Waals surface area contributed by atoms with Gasteiger partial charge in [0.1, 0.15) is 54.1 Å². The van der Waals surface area contributed by atoms with E-state index in [1.807, 2.05) is 0 Å². The fraction of sp³-hybridized carbons (Fsp3) is 0.510. The average molecular weight is 1100 g/mol. The Labute approximate surface area is 450 Å². The van der Waals surface area contributed by atoms with Gasteiger partial charge >= 0.3 is 5.97 Å². The number of phenols is 1. The fourth-order valence-corrected chi connectivity index (χ4v) is 8.08. The Bertz CT molecular complexity index is 2450. The van der Waals surface area contributed by atoms with Crippen molar-refractivity contribution in [3.05, 3.63) is 83.9 Å². The van der Waals surface area contributed by atoms with Crippen molar-refractivity contribution in [2.45, 2.75) is 134 Å². The summed E-state index contributed by atoms with van der Waals surface area (Å²) in [6.07, 6.45) is 4.02. The molecule has 3 aromatic rings. The van der Waals surface area contributed by atoms with E-state index >= 15 is 0 Å². The van der Waals surface area contributed by atoms with Crippen LogP contribution in [0.4, 0.5) is 0 Å². The molecule has 0 saturated heterocycles. The third kappa shape index (κ3) is 22.3. The number of H-pyrrole nitrogens is 1. The lowest BCUT2D eigenvalue weighted by Crippen LogP contribution is -2.61. The first-order chi connectivity index (χ1) is 36.4. The zero-order valence-corrected chi connectivity index (χ0v) is 44.8. The van der Waals surface area contributed by atoms with Gasteiger partial charge in [0.2, 0.25) is 53.2 Å². The number of nitrogens with two attached hydrogens (primary N) is 2. The van der Waals surface area contributed by atoms with Crippen LogP contribution in [0.1, 0.15) is 77.1 Å². The second-order valence-electron chi connectivity index (χ2n) is 19.2. The van der Waals surface area contributed by atoms with Crippen molar-refractivity contribution in [1.82, 2.24) is 52.5 Å². The number of aromatic hydroxyl groups is 1. The summed E-state index contributed by atoms with van der Waals surface area (Å²) < 4.78 is 0. The second kappa shape index (κ2) is 32.1. The highest BCUT2D eigenvalue weighted by Gasteiger charge is 2.36. The molecule has 0 radical (unpaired) electrons. The molecule has 3 rings (SSSR count). The summed E-state index contributed by atoms with van der Waals surface area (Å²) in [6, 6.07) is 2.31. The van der Waals surface area contributed by atoms with Crippen LogP contribution in [0, 0.1) is 11.8 Å². The van der Waals surface area contributed by atoms with Crippen LogP contribution in [0.3, 0.4) is 0 Å². The normalized spacial score (nSPS) is 14.7. The predicted molar refractivity (Wildman–Crippen MR) is 284 cm³/mol. The van der Waals surface area contributed by atoms with E-state index in [-0.39, 0.29) is 56.6 Å². The smallest absolute Gasteiger partial charge is 0.326 e. The largest absolute Gasteiger partial charge is 0.508 e. The molecular formula is C51H74N12O13S. The molecule has 0 aliphatic heterocycles. The second-order valence-corrected chi connectivity index (χ2v) is 20.2. The number of hydrogen-bond donors (Lipinski definition) is 14. The standard InChI is InChI=1S/C51H74N12O13S/c1-27(2)20-36(59-47(71)37(21-30-10-8-7-9-11-30)58-43(67)29(5)56-49(73)40(25-64)62-44(68)34(52)16-17-41(53)66)46(70)60-38(23-32-24-54-26-55-32)48(72)63-42(28(3)4)50(74)57-35(18-19-77-6)45(69)61-39(51(75)76)22-31-12-14-33(65)15-13-31/h7-15,24,26-29,34-40,42,64-65H,16-23,25,52H2,1-6H3,(H2,53,66)(H,54,55)(H,56,73)(H,57,74)(H,58,67)(H,59,71)(H,60,70)(H,61,69)(H,62,68)(H,63,72)(H,75,76)/t29-,34-,35-,36-,37-,38-,39-,40-,42-/m0/s1. The van der Waals surface area contributed by atoms with E-state index in [0.717, 1.165) is 0 Å². The van der Waals surface area contributed by atoms with Gasteiger partial charge in [-0.05, 0) is 73.3 Å². The molecule has 422 valence electrons. The number of phenolic OH excluding ortho intramolecular Hbond substituents is 1. The summed E-state index contributed by atoms with van der Waals surface area (Å²) in [5.74, 6) is -9.13. The number of primary amides is 1. The minimum Gasteiger partial charge on any atom is -0.508 e. The average Bonchev–Trinajstić information content (AvgIpc) is 3.90. The predicted octanol–water partition coefficient (Wildman–Crippen LogP) is -1.83. The molecule has 2 aromatic carbocycles.